The van der Waals surface area contributed by atoms with E-state index in [-0.39, 0.29) is 5.91 Å². The molecule has 0 saturated heterocycles. The summed E-state index contributed by atoms with van der Waals surface area (Å²) in [5.41, 5.74) is 10.1. The number of hydrogen-bond donors (Lipinski definition) is 2. The first-order valence-corrected chi connectivity index (χ1v) is 12.8. The maximum absolute atomic E-state index is 13.6. The van der Waals surface area contributed by atoms with Gasteiger partial charge in [0.25, 0.3) is 5.91 Å². The molecule has 0 bridgehead atoms. The highest BCUT2D eigenvalue weighted by Gasteiger charge is 2.33. The summed E-state index contributed by atoms with van der Waals surface area (Å²) in [7, 11) is 0. The van der Waals surface area contributed by atoms with Gasteiger partial charge in [0.1, 0.15) is 24.7 Å². The second-order valence-corrected chi connectivity index (χ2v) is 10.1. The summed E-state index contributed by atoms with van der Waals surface area (Å²) in [4.78, 5) is 18.0. The van der Waals surface area contributed by atoms with Crippen LogP contribution >= 0.6 is 0 Å². The number of ether oxygens (including phenoxy) is 1. The monoisotopic (exact) mass is 507 g/mol. The van der Waals surface area contributed by atoms with Gasteiger partial charge in [-0.15, -0.1) is 0 Å². The van der Waals surface area contributed by atoms with Crippen molar-refractivity contribution in [2.45, 2.75) is 54.2 Å². The first kappa shape index (κ1) is 25.3. The Balaban J connectivity index is 1.41. The SMILES string of the molecule is CC1=C(C(=O)Nc2ccc(C)cc2C)C(c2ccc(OCc3cc(C)c(C)cc3C)cc2)n2ncnc2N1. The predicted molar refractivity (Wildman–Crippen MR) is 150 cm³/mol. The maximum Gasteiger partial charge on any atom is 0.255 e. The lowest BCUT2D eigenvalue weighted by atomic mass is 9.94. The largest absolute Gasteiger partial charge is 0.489 e. The molecule has 38 heavy (non-hydrogen) atoms. The van der Waals surface area contributed by atoms with E-state index in [2.05, 4.69) is 59.7 Å². The molecule has 2 N–H and O–H groups in total. The molecule has 0 saturated carbocycles. The van der Waals surface area contributed by atoms with Crippen LogP contribution in [-0.4, -0.2) is 20.7 Å². The molecular weight excluding hydrogens is 474 g/mol. The van der Waals surface area contributed by atoms with Crippen molar-refractivity contribution in [1.29, 1.82) is 0 Å². The smallest absolute Gasteiger partial charge is 0.255 e. The van der Waals surface area contributed by atoms with Crippen LogP contribution in [0.4, 0.5) is 11.6 Å². The van der Waals surface area contributed by atoms with Gasteiger partial charge in [0.15, 0.2) is 0 Å². The number of benzene rings is 3. The van der Waals surface area contributed by atoms with Gasteiger partial charge in [-0.05, 0) is 93.1 Å². The highest BCUT2D eigenvalue weighted by Crippen LogP contribution is 2.36. The Bertz CT molecular complexity index is 1550. The number of anilines is 2. The molecule has 1 aliphatic heterocycles. The normalized spacial score (nSPS) is 14.6. The Kier molecular flexibility index (Phi) is 6.76. The number of amides is 1. The fourth-order valence-electron chi connectivity index (χ4n) is 4.92. The van der Waals surface area contributed by atoms with Crippen molar-refractivity contribution in [3.05, 3.63) is 111 Å². The lowest BCUT2D eigenvalue weighted by Crippen LogP contribution is -2.31. The van der Waals surface area contributed by atoms with E-state index >= 15 is 0 Å². The molecule has 0 aliphatic carbocycles. The minimum atomic E-state index is -0.435. The number of allylic oxidation sites excluding steroid dienone is 1. The molecule has 7 nitrogen and oxygen atoms in total. The van der Waals surface area contributed by atoms with Crippen LogP contribution in [0.1, 0.15) is 51.9 Å². The van der Waals surface area contributed by atoms with Gasteiger partial charge in [-0.1, -0.05) is 42.0 Å². The summed E-state index contributed by atoms with van der Waals surface area (Å²) < 4.78 is 7.87. The van der Waals surface area contributed by atoms with E-state index in [1.807, 2.05) is 57.2 Å². The van der Waals surface area contributed by atoms with Crippen molar-refractivity contribution in [2.24, 2.45) is 0 Å². The van der Waals surface area contributed by atoms with Crippen LogP contribution in [0.3, 0.4) is 0 Å². The third-order valence-electron chi connectivity index (χ3n) is 7.21. The predicted octanol–water partition coefficient (Wildman–Crippen LogP) is 6.33. The molecule has 1 aromatic heterocycles. The topological polar surface area (TPSA) is 81.1 Å². The van der Waals surface area contributed by atoms with Crippen LogP contribution < -0.4 is 15.4 Å². The molecule has 5 rings (SSSR count). The number of carbonyl (C=O) groups excluding carboxylic acids is 1. The summed E-state index contributed by atoms with van der Waals surface area (Å²) in [6, 6.07) is 17.8. The van der Waals surface area contributed by atoms with E-state index in [0.29, 0.717) is 18.1 Å². The quantitative estimate of drug-likeness (QED) is 0.319. The number of hydrogen-bond acceptors (Lipinski definition) is 5. The average Bonchev–Trinajstić information content (AvgIpc) is 3.34. The number of nitrogens with one attached hydrogen (secondary N) is 2. The zero-order chi connectivity index (χ0) is 27.0. The minimum absolute atomic E-state index is 0.182. The maximum atomic E-state index is 13.6. The van der Waals surface area contributed by atoms with E-state index in [4.69, 9.17) is 4.74 Å². The van der Waals surface area contributed by atoms with E-state index < -0.39 is 6.04 Å². The van der Waals surface area contributed by atoms with E-state index in [0.717, 1.165) is 33.8 Å². The Labute approximate surface area is 223 Å². The second kappa shape index (κ2) is 10.2. The summed E-state index contributed by atoms with van der Waals surface area (Å²) in [5, 5.41) is 10.8. The Hall–Kier alpha value is -4.39. The highest BCUT2D eigenvalue weighted by molar-refractivity contribution is 6.06. The molecule has 1 aliphatic rings. The van der Waals surface area contributed by atoms with Gasteiger partial charge in [-0.25, -0.2) is 4.68 Å². The van der Waals surface area contributed by atoms with Crippen LogP contribution in [0.5, 0.6) is 5.75 Å². The number of fused-ring (bicyclic) bond motifs is 1. The van der Waals surface area contributed by atoms with Crippen LogP contribution in [0.2, 0.25) is 0 Å². The third-order valence-corrected chi connectivity index (χ3v) is 7.21. The van der Waals surface area contributed by atoms with Crippen molar-refractivity contribution in [1.82, 2.24) is 14.8 Å². The fraction of sp³-hybridized carbons (Fsp3) is 0.258. The molecule has 0 radical (unpaired) electrons. The molecule has 4 aromatic rings. The van der Waals surface area contributed by atoms with Gasteiger partial charge in [-0.3, -0.25) is 4.79 Å². The Morgan fingerprint density at radius 3 is 2.39 bits per heavy atom. The fourth-order valence-corrected chi connectivity index (χ4v) is 4.92. The molecule has 1 atom stereocenters. The van der Waals surface area contributed by atoms with Crippen molar-refractivity contribution >= 4 is 17.5 Å². The number of nitrogens with zero attached hydrogens (tertiary/aromatic N) is 3. The van der Waals surface area contributed by atoms with Gasteiger partial charge in [0.05, 0.1) is 5.57 Å². The standard InChI is InChI=1S/C31H33N5O2/c1-18-7-12-27(22(5)13-18)35-30(37)28-23(6)34-31-32-17-33-36(31)29(28)24-8-10-26(11-9-24)38-16-25-15-20(3)19(2)14-21(25)4/h7-15,17,29H,16H2,1-6H3,(H,35,37)(H,32,33,34). The van der Waals surface area contributed by atoms with Gasteiger partial charge >= 0.3 is 0 Å². The van der Waals surface area contributed by atoms with Crippen LogP contribution in [-0.2, 0) is 11.4 Å². The minimum Gasteiger partial charge on any atom is -0.489 e. The number of rotatable bonds is 6. The third kappa shape index (κ3) is 4.92. The molecule has 1 unspecified atom stereocenters. The van der Waals surface area contributed by atoms with Crippen LogP contribution in [0.15, 0.2) is 72.2 Å². The van der Waals surface area contributed by atoms with Gasteiger partial charge in [0, 0.05) is 11.4 Å². The highest BCUT2D eigenvalue weighted by atomic mass is 16.5. The van der Waals surface area contributed by atoms with Crippen molar-refractivity contribution in [3.63, 3.8) is 0 Å². The zero-order valence-electron chi connectivity index (χ0n) is 22.7. The lowest BCUT2D eigenvalue weighted by Gasteiger charge is -2.29. The summed E-state index contributed by atoms with van der Waals surface area (Å²) in [6.45, 7) is 12.8. The van der Waals surface area contributed by atoms with Gasteiger partial charge < -0.3 is 15.4 Å². The number of aromatic nitrogens is 3. The molecule has 3 aromatic carbocycles. The van der Waals surface area contributed by atoms with Gasteiger partial charge in [0.2, 0.25) is 5.95 Å². The van der Waals surface area contributed by atoms with Gasteiger partial charge in [-0.2, -0.15) is 10.1 Å². The lowest BCUT2D eigenvalue weighted by molar-refractivity contribution is -0.113. The first-order valence-electron chi connectivity index (χ1n) is 12.8. The molecule has 7 heteroatoms. The number of aryl methyl sites for hydroxylation is 5. The Morgan fingerprint density at radius 1 is 0.921 bits per heavy atom. The average molecular weight is 508 g/mol. The molecule has 0 spiro atoms. The van der Waals surface area contributed by atoms with E-state index in [1.165, 1.54) is 28.6 Å². The zero-order valence-corrected chi connectivity index (χ0v) is 22.7. The molecular formula is C31H33N5O2. The van der Waals surface area contributed by atoms with Crippen molar-refractivity contribution < 1.29 is 9.53 Å². The molecule has 2 heterocycles. The summed E-state index contributed by atoms with van der Waals surface area (Å²) >= 11 is 0. The molecule has 1 amide bonds. The van der Waals surface area contributed by atoms with Crippen LogP contribution in [0.25, 0.3) is 0 Å². The summed E-state index contributed by atoms with van der Waals surface area (Å²) in [5.74, 6) is 1.18. The molecule has 0 fully saturated rings. The van der Waals surface area contributed by atoms with Crippen molar-refractivity contribution in [2.75, 3.05) is 10.6 Å². The van der Waals surface area contributed by atoms with E-state index in [9.17, 15) is 4.79 Å². The van der Waals surface area contributed by atoms with E-state index in [1.54, 1.807) is 4.68 Å². The first-order chi connectivity index (χ1) is 18.2. The number of carbonyl (C=O) groups is 1. The Morgan fingerprint density at radius 2 is 1.66 bits per heavy atom. The van der Waals surface area contributed by atoms with Crippen molar-refractivity contribution in [3.8, 4) is 5.75 Å². The van der Waals surface area contributed by atoms with Crippen LogP contribution in [0, 0.1) is 34.6 Å². The summed E-state index contributed by atoms with van der Waals surface area (Å²) in [6.07, 6.45) is 1.50. The second-order valence-electron chi connectivity index (χ2n) is 10.1. The molecule has 194 valence electrons.